The van der Waals surface area contributed by atoms with Crippen molar-refractivity contribution in [2.24, 2.45) is 0 Å². The van der Waals surface area contributed by atoms with Crippen molar-refractivity contribution < 1.29 is 4.79 Å². The highest BCUT2D eigenvalue weighted by atomic mass is 32.2. The molecule has 1 aromatic carbocycles. The third-order valence-electron chi connectivity index (χ3n) is 3.21. The third kappa shape index (κ3) is 6.20. The molecule has 5 nitrogen and oxygen atoms in total. The first-order valence-electron chi connectivity index (χ1n) is 7.83. The number of thioether (sulfide) groups is 1. The molecule has 1 aromatic heterocycles. The summed E-state index contributed by atoms with van der Waals surface area (Å²) in [6, 6.07) is 7.81. The van der Waals surface area contributed by atoms with Crippen LogP contribution in [0.25, 0.3) is 0 Å². The van der Waals surface area contributed by atoms with E-state index in [4.69, 9.17) is 0 Å². The second kappa shape index (κ2) is 8.15. The Morgan fingerprint density at radius 1 is 1.29 bits per heavy atom. The average Bonchev–Trinajstić information content (AvgIpc) is 2.53. The fourth-order valence-electron chi connectivity index (χ4n) is 1.98. The Hall–Kier alpha value is -2.08. The van der Waals surface area contributed by atoms with Gasteiger partial charge in [-0.1, -0.05) is 32.9 Å². The first kappa shape index (κ1) is 18.3. The van der Waals surface area contributed by atoms with Gasteiger partial charge in [-0.2, -0.15) is 11.8 Å². The number of carbonyl (C=O) groups is 1. The van der Waals surface area contributed by atoms with Crippen molar-refractivity contribution in [2.75, 3.05) is 12.4 Å². The molecule has 0 atom stereocenters. The number of amides is 2. The van der Waals surface area contributed by atoms with E-state index < -0.39 is 0 Å². The Balaban J connectivity index is 1.93. The van der Waals surface area contributed by atoms with Crippen LogP contribution in [0.2, 0.25) is 0 Å². The molecule has 0 bridgehead atoms. The van der Waals surface area contributed by atoms with Crippen LogP contribution >= 0.6 is 11.8 Å². The number of nitrogens with one attached hydrogen (secondary N) is 1. The lowest BCUT2D eigenvalue weighted by molar-refractivity contribution is 0.220. The fourth-order valence-corrected chi connectivity index (χ4v) is 2.76. The van der Waals surface area contributed by atoms with Crippen molar-refractivity contribution in [2.45, 2.75) is 37.8 Å². The molecule has 0 spiro atoms. The number of anilines is 1. The summed E-state index contributed by atoms with van der Waals surface area (Å²) in [6.45, 7) is 7.01. The smallest absolute Gasteiger partial charge is 0.321 e. The van der Waals surface area contributed by atoms with Gasteiger partial charge >= 0.3 is 6.03 Å². The Kier molecular flexibility index (Phi) is 6.20. The number of benzene rings is 1. The molecule has 2 rings (SSSR count). The van der Waals surface area contributed by atoms with E-state index in [0.717, 1.165) is 17.1 Å². The SMILES string of the molecule is CN(Cc1cnccn1)C(=O)Nc1cccc(CSC(C)(C)C)c1. The van der Waals surface area contributed by atoms with Crippen LogP contribution in [0.4, 0.5) is 10.5 Å². The van der Waals surface area contributed by atoms with Crippen molar-refractivity contribution in [1.82, 2.24) is 14.9 Å². The molecule has 24 heavy (non-hydrogen) atoms. The summed E-state index contributed by atoms with van der Waals surface area (Å²) in [7, 11) is 1.74. The molecule has 0 aliphatic carbocycles. The van der Waals surface area contributed by atoms with Gasteiger partial charge < -0.3 is 10.2 Å². The van der Waals surface area contributed by atoms with Crippen LogP contribution in [0.3, 0.4) is 0 Å². The van der Waals surface area contributed by atoms with E-state index in [0.29, 0.717) is 6.54 Å². The van der Waals surface area contributed by atoms with E-state index >= 15 is 0 Å². The lowest BCUT2D eigenvalue weighted by Crippen LogP contribution is -2.31. The van der Waals surface area contributed by atoms with E-state index in [-0.39, 0.29) is 10.8 Å². The molecular weight excluding hydrogens is 320 g/mol. The third-order valence-corrected chi connectivity index (χ3v) is 4.56. The molecule has 2 amide bonds. The van der Waals surface area contributed by atoms with E-state index in [1.165, 1.54) is 5.56 Å². The Morgan fingerprint density at radius 2 is 2.08 bits per heavy atom. The van der Waals surface area contributed by atoms with Crippen LogP contribution in [0, 0.1) is 0 Å². The fraction of sp³-hybridized carbons (Fsp3) is 0.389. The van der Waals surface area contributed by atoms with Crippen molar-refractivity contribution >= 4 is 23.5 Å². The van der Waals surface area contributed by atoms with Gasteiger partial charge in [-0.3, -0.25) is 9.97 Å². The zero-order chi connectivity index (χ0) is 17.6. The first-order chi connectivity index (χ1) is 11.3. The molecule has 0 aliphatic rings. The van der Waals surface area contributed by atoms with Gasteiger partial charge in [-0.05, 0) is 17.7 Å². The second-order valence-corrected chi connectivity index (χ2v) is 8.39. The molecule has 1 N–H and O–H groups in total. The number of urea groups is 1. The van der Waals surface area contributed by atoms with Crippen molar-refractivity contribution in [1.29, 1.82) is 0 Å². The van der Waals surface area contributed by atoms with Gasteiger partial charge in [0.05, 0.1) is 18.4 Å². The van der Waals surface area contributed by atoms with Crippen LogP contribution in [0.15, 0.2) is 42.9 Å². The standard InChI is InChI=1S/C18H24N4OS/c1-18(2,3)24-13-14-6-5-7-15(10-14)21-17(23)22(4)12-16-11-19-8-9-20-16/h5-11H,12-13H2,1-4H3,(H,21,23). The van der Waals surface area contributed by atoms with Crippen molar-refractivity contribution in [3.05, 3.63) is 54.1 Å². The zero-order valence-corrected chi connectivity index (χ0v) is 15.4. The lowest BCUT2D eigenvalue weighted by atomic mass is 10.2. The topological polar surface area (TPSA) is 58.1 Å². The minimum atomic E-state index is -0.165. The summed E-state index contributed by atoms with van der Waals surface area (Å²) in [5.74, 6) is 0.919. The number of hydrogen-bond donors (Lipinski definition) is 1. The van der Waals surface area contributed by atoms with E-state index in [2.05, 4.69) is 42.1 Å². The molecule has 0 fully saturated rings. The van der Waals surface area contributed by atoms with E-state index in [1.54, 1.807) is 30.5 Å². The number of nitrogens with zero attached hydrogens (tertiary/aromatic N) is 3. The highest BCUT2D eigenvalue weighted by molar-refractivity contribution is 7.99. The van der Waals surface area contributed by atoms with Gasteiger partial charge in [0.2, 0.25) is 0 Å². The number of aromatic nitrogens is 2. The summed E-state index contributed by atoms with van der Waals surface area (Å²) in [4.78, 5) is 22.1. The molecule has 0 saturated heterocycles. The largest absolute Gasteiger partial charge is 0.322 e. The van der Waals surface area contributed by atoms with E-state index in [1.807, 2.05) is 30.0 Å². The predicted molar refractivity (Wildman–Crippen MR) is 100 cm³/mol. The Labute approximate surface area is 147 Å². The summed E-state index contributed by atoms with van der Waals surface area (Å²) in [6.07, 6.45) is 4.90. The van der Waals surface area contributed by atoms with Crippen molar-refractivity contribution in [3.8, 4) is 0 Å². The summed E-state index contributed by atoms with van der Waals surface area (Å²) < 4.78 is 0.218. The molecule has 128 valence electrons. The van der Waals surface area contributed by atoms with Gasteiger partial charge in [0.25, 0.3) is 0 Å². The lowest BCUT2D eigenvalue weighted by Gasteiger charge is -2.19. The van der Waals surface area contributed by atoms with Gasteiger partial charge in [0.1, 0.15) is 0 Å². The molecule has 0 unspecified atom stereocenters. The maximum absolute atomic E-state index is 12.3. The quantitative estimate of drug-likeness (QED) is 0.884. The molecule has 0 radical (unpaired) electrons. The maximum atomic E-state index is 12.3. The Bertz CT molecular complexity index is 670. The average molecular weight is 344 g/mol. The minimum absolute atomic E-state index is 0.165. The summed E-state index contributed by atoms with van der Waals surface area (Å²) >= 11 is 1.88. The molecule has 2 aromatic rings. The number of carbonyl (C=O) groups excluding carboxylic acids is 1. The molecule has 0 saturated carbocycles. The van der Waals surface area contributed by atoms with Crippen LogP contribution in [-0.2, 0) is 12.3 Å². The second-order valence-electron chi connectivity index (χ2n) is 6.58. The van der Waals surface area contributed by atoms with Gasteiger partial charge in [0, 0.05) is 35.6 Å². The zero-order valence-electron chi connectivity index (χ0n) is 14.6. The summed E-state index contributed by atoms with van der Waals surface area (Å²) in [5.41, 5.74) is 2.76. The monoisotopic (exact) mass is 344 g/mol. The van der Waals surface area contributed by atoms with Gasteiger partial charge in [-0.15, -0.1) is 0 Å². The van der Waals surface area contributed by atoms with E-state index in [9.17, 15) is 4.79 Å². The maximum Gasteiger partial charge on any atom is 0.321 e. The molecule has 0 aliphatic heterocycles. The van der Waals surface area contributed by atoms with Crippen LogP contribution in [0.5, 0.6) is 0 Å². The highest BCUT2D eigenvalue weighted by Crippen LogP contribution is 2.27. The molecule has 1 heterocycles. The Morgan fingerprint density at radius 3 is 2.75 bits per heavy atom. The van der Waals surface area contributed by atoms with Gasteiger partial charge in [-0.25, -0.2) is 4.79 Å². The predicted octanol–water partition coefficient (Wildman–Crippen LogP) is 4.17. The minimum Gasteiger partial charge on any atom is -0.322 e. The van der Waals surface area contributed by atoms with Crippen LogP contribution in [0.1, 0.15) is 32.0 Å². The van der Waals surface area contributed by atoms with Gasteiger partial charge in [0.15, 0.2) is 0 Å². The van der Waals surface area contributed by atoms with Crippen LogP contribution in [-0.4, -0.2) is 32.7 Å². The molecule has 6 heteroatoms. The summed E-state index contributed by atoms with van der Waals surface area (Å²) in [5, 5.41) is 2.93. The number of rotatable bonds is 5. The normalized spacial score (nSPS) is 11.2. The van der Waals surface area contributed by atoms with Crippen molar-refractivity contribution in [3.63, 3.8) is 0 Å². The highest BCUT2D eigenvalue weighted by Gasteiger charge is 2.12. The first-order valence-corrected chi connectivity index (χ1v) is 8.82. The number of hydrogen-bond acceptors (Lipinski definition) is 4. The molecular formula is C18H24N4OS. The van der Waals surface area contributed by atoms with Crippen LogP contribution < -0.4 is 5.32 Å².